The zero-order valence-electron chi connectivity index (χ0n) is 25.6. The first-order valence-electron chi connectivity index (χ1n) is 14.6. The van der Waals surface area contributed by atoms with Crippen LogP contribution in [0.15, 0.2) is 42.5 Å². The van der Waals surface area contributed by atoms with Crippen LogP contribution in [0, 0.1) is 0 Å². The predicted octanol–water partition coefficient (Wildman–Crippen LogP) is 4.10. The Hall–Kier alpha value is -3.11. The van der Waals surface area contributed by atoms with E-state index in [9.17, 15) is 9.32 Å². The minimum absolute atomic E-state index is 0.194. The van der Waals surface area contributed by atoms with Crippen molar-refractivity contribution >= 4 is 52.2 Å². The van der Waals surface area contributed by atoms with Gasteiger partial charge in [0.1, 0.15) is 30.6 Å². The van der Waals surface area contributed by atoms with Crippen LogP contribution in [0.25, 0.3) is 33.7 Å². The number of aromatic nitrogens is 5. The number of nitrogens with one attached hydrogen (secondary N) is 1. The van der Waals surface area contributed by atoms with Gasteiger partial charge in [0.05, 0.1) is 29.6 Å². The first-order valence-corrected chi connectivity index (χ1v) is 20.8. The molecule has 0 aliphatic carbocycles. The number of hydrogen-bond acceptors (Lipinski definition) is 10. The van der Waals surface area contributed by atoms with E-state index in [1.807, 2.05) is 24.3 Å². The van der Waals surface area contributed by atoms with Gasteiger partial charge in [-0.2, -0.15) is 4.98 Å². The largest absolute Gasteiger partial charge is 0.456 e. The van der Waals surface area contributed by atoms with Gasteiger partial charge in [-0.25, -0.2) is 9.19 Å². The molecule has 1 unspecified atom stereocenters. The van der Waals surface area contributed by atoms with Gasteiger partial charge in [0.2, 0.25) is 0 Å². The van der Waals surface area contributed by atoms with Crippen LogP contribution >= 0.6 is 11.6 Å². The Morgan fingerprint density at radius 2 is 1.82 bits per heavy atom. The summed E-state index contributed by atoms with van der Waals surface area (Å²) in [5, 5.41) is 19.0. The van der Waals surface area contributed by atoms with E-state index in [1.54, 1.807) is 22.8 Å². The maximum atomic E-state index is 11.9. The molecule has 2 saturated heterocycles. The second-order valence-corrected chi connectivity index (χ2v) is 20.9. The Kier molecular flexibility index (Phi) is 8.91. The summed E-state index contributed by atoms with van der Waals surface area (Å²) in [5.41, 5.74) is 4.01. The van der Waals surface area contributed by atoms with E-state index in [1.165, 1.54) is 6.26 Å². The Balaban J connectivity index is 1.28. The van der Waals surface area contributed by atoms with Crippen LogP contribution in [-0.2, 0) is 30.6 Å². The Morgan fingerprint density at radius 3 is 2.51 bits per heavy atom. The molecule has 5 atom stereocenters. The number of halogens is 1. The molecule has 5 heterocycles. The van der Waals surface area contributed by atoms with Crippen molar-refractivity contribution in [2.24, 2.45) is 0 Å². The third kappa shape index (κ3) is 7.32. The van der Waals surface area contributed by atoms with Gasteiger partial charge in [-0.1, -0.05) is 55.5 Å². The summed E-state index contributed by atoms with van der Waals surface area (Å²) in [6.07, 6.45) is -0.437. The standard InChI is InChI=1S/C30H37ClN6O6SSi/c1-44(2,39)36-25-11-10-21(34-35-25)18-6-8-19(9-7-18)26-20(31)14-22-29(33-26)37(17-40-12-13-45(3,4)5)30(32-22)43-24-16-42-27-23(38)15-41-28(24)27/h6-11,14,23-24,27-28,38H,1,12-13,15-17H2,2-5H3,(H,35,36,39)/t23-,24-,27-,28-,44?/m1/s1. The number of rotatable bonds is 11. The molecule has 45 heavy (non-hydrogen) atoms. The number of benzene rings is 1. The van der Waals surface area contributed by atoms with Gasteiger partial charge in [0, 0.05) is 41.8 Å². The lowest BCUT2D eigenvalue weighted by molar-refractivity contribution is 0.00336. The second kappa shape index (κ2) is 12.6. The normalized spacial score (nSPS) is 22.8. The van der Waals surface area contributed by atoms with Gasteiger partial charge < -0.3 is 24.1 Å². The van der Waals surface area contributed by atoms with Crippen molar-refractivity contribution in [1.29, 1.82) is 0 Å². The number of fused-ring (bicyclic) bond motifs is 2. The van der Waals surface area contributed by atoms with E-state index < -0.39 is 36.1 Å². The molecule has 0 bridgehead atoms. The molecule has 0 radical (unpaired) electrons. The van der Waals surface area contributed by atoms with Gasteiger partial charge in [0.15, 0.2) is 17.6 Å². The maximum absolute atomic E-state index is 11.9. The van der Waals surface area contributed by atoms with Crippen molar-refractivity contribution in [3.63, 3.8) is 0 Å². The molecule has 15 heteroatoms. The predicted molar refractivity (Wildman–Crippen MR) is 178 cm³/mol. The molecule has 1 aromatic carbocycles. The molecule has 2 aliphatic rings. The quantitative estimate of drug-likeness (QED) is 0.136. The molecule has 0 spiro atoms. The molecule has 4 aromatic rings. The number of aliphatic hydroxyl groups excluding tert-OH is 1. The van der Waals surface area contributed by atoms with Crippen LogP contribution in [0.2, 0.25) is 30.7 Å². The molecule has 3 aromatic heterocycles. The third-order valence-electron chi connectivity index (χ3n) is 7.53. The second-order valence-electron chi connectivity index (χ2n) is 12.6. The fourth-order valence-electron chi connectivity index (χ4n) is 5.19. The molecule has 240 valence electrons. The number of pyridine rings is 1. The minimum Gasteiger partial charge on any atom is -0.456 e. The van der Waals surface area contributed by atoms with E-state index >= 15 is 0 Å². The monoisotopic (exact) mass is 672 g/mol. The van der Waals surface area contributed by atoms with Crippen LogP contribution in [0.1, 0.15) is 0 Å². The summed E-state index contributed by atoms with van der Waals surface area (Å²) in [7, 11) is -3.75. The zero-order valence-corrected chi connectivity index (χ0v) is 28.2. The highest BCUT2D eigenvalue weighted by Gasteiger charge is 2.49. The summed E-state index contributed by atoms with van der Waals surface area (Å²) in [6.45, 7) is 8.19. The lowest BCUT2D eigenvalue weighted by atomic mass is 10.1. The number of nitrogens with zero attached hydrogens (tertiary/aromatic N) is 5. The van der Waals surface area contributed by atoms with E-state index in [-0.39, 0.29) is 26.0 Å². The molecular formula is C30H37ClN6O6SSi. The van der Waals surface area contributed by atoms with Gasteiger partial charge in [0.25, 0.3) is 0 Å². The molecule has 12 nitrogen and oxygen atoms in total. The summed E-state index contributed by atoms with van der Waals surface area (Å²) in [4.78, 5) is 9.66. The van der Waals surface area contributed by atoms with Gasteiger partial charge in [-0.05, 0) is 30.1 Å². The first kappa shape index (κ1) is 31.9. The topological polar surface area (TPSA) is 143 Å². The van der Waals surface area contributed by atoms with Crippen LogP contribution in [-0.4, -0.2) is 98.5 Å². The summed E-state index contributed by atoms with van der Waals surface area (Å²) in [6, 6.07) is 14.3. The van der Waals surface area contributed by atoms with Crippen LogP contribution in [0.3, 0.4) is 0 Å². The highest BCUT2D eigenvalue weighted by Crippen LogP contribution is 2.34. The van der Waals surface area contributed by atoms with E-state index in [4.69, 9.17) is 40.5 Å². The lowest BCUT2D eigenvalue weighted by Gasteiger charge is -2.19. The number of imidazole rings is 1. The molecule has 2 N–H and O–H groups in total. The molecule has 0 saturated carbocycles. The number of aliphatic hydroxyl groups is 1. The summed E-state index contributed by atoms with van der Waals surface area (Å²) in [5.74, 6) is 3.97. The lowest BCUT2D eigenvalue weighted by Crippen LogP contribution is -2.35. The third-order valence-corrected chi connectivity index (χ3v) is 10.2. The Morgan fingerprint density at radius 1 is 1.09 bits per heavy atom. The Bertz CT molecular complexity index is 1780. The Labute approximate surface area is 268 Å². The van der Waals surface area contributed by atoms with Crippen molar-refractivity contribution < 1.29 is 28.3 Å². The van der Waals surface area contributed by atoms with E-state index in [0.29, 0.717) is 46.0 Å². The van der Waals surface area contributed by atoms with Crippen molar-refractivity contribution in [3.8, 4) is 28.5 Å². The van der Waals surface area contributed by atoms with Gasteiger partial charge in [-0.3, -0.25) is 9.29 Å². The average molecular weight is 673 g/mol. The number of ether oxygens (including phenoxy) is 4. The van der Waals surface area contributed by atoms with E-state index in [0.717, 1.165) is 17.2 Å². The minimum atomic E-state index is -2.45. The van der Waals surface area contributed by atoms with E-state index in [2.05, 4.69) is 40.4 Å². The number of anilines is 1. The van der Waals surface area contributed by atoms with Crippen LogP contribution < -0.4 is 9.46 Å². The molecule has 6 rings (SSSR count). The molecule has 0 amide bonds. The molecular weight excluding hydrogens is 636 g/mol. The summed E-state index contributed by atoms with van der Waals surface area (Å²) >= 11 is 6.76. The number of hydrogen-bond donors (Lipinski definition) is 2. The fourth-order valence-corrected chi connectivity index (χ4v) is 6.75. The SMILES string of the molecule is C=S(C)(=O)Nc1ccc(-c2ccc(-c3nc4c(cc3Cl)nc(O[C@@H]3CO[C@H]5[C@@H]3OC[C@H]5O)n4COCC[Si](C)(C)C)cc2)nn1. The van der Waals surface area contributed by atoms with Crippen molar-refractivity contribution in [3.05, 3.63) is 47.5 Å². The van der Waals surface area contributed by atoms with Crippen molar-refractivity contribution in [2.45, 2.75) is 56.8 Å². The smallest absolute Gasteiger partial charge is 0.301 e. The summed E-state index contributed by atoms with van der Waals surface area (Å²) < 4.78 is 40.4. The highest BCUT2D eigenvalue weighted by molar-refractivity contribution is 8.00. The molecule has 2 fully saturated rings. The first-order chi connectivity index (χ1) is 21.3. The maximum Gasteiger partial charge on any atom is 0.301 e. The highest BCUT2D eigenvalue weighted by atomic mass is 35.5. The van der Waals surface area contributed by atoms with Gasteiger partial charge >= 0.3 is 6.01 Å². The average Bonchev–Trinajstić information content (AvgIpc) is 3.65. The van der Waals surface area contributed by atoms with Crippen LogP contribution in [0.5, 0.6) is 6.01 Å². The fraction of sp³-hybridized carbons (Fsp3) is 0.433. The zero-order chi connectivity index (χ0) is 31.9. The molecule has 2 aliphatic heterocycles. The van der Waals surface area contributed by atoms with Crippen molar-refractivity contribution in [1.82, 2.24) is 24.7 Å². The van der Waals surface area contributed by atoms with Crippen molar-refractivity contribution in [2.75, 3.05) is 30.8 Å². The van der Waals surface area contributed by atoms with Gasteiger partial charge in [-0.15, -0.1) is 10.2 Å². The van der Waals surface area contributed by atoms with Crippen LogP contribution in [0.4, 0.5) is 5.82 Å².